The maximum Gasteiger partial charge on any atom is 0.136 e. The molecule has 0 spiro atoms. The van der Waals surface area contributed by atoms with Crippen LogP contribution in [0.3, 0.4) is 0 Å². The summed E-state index contributed by atoms with van der Waals surface area (Å²) in [6, 6.07) is 0. The van der Waals surface area contributed by atoms with Crippen molar-refractivity contribution in [2.24, 2.45) is 0 Å². The van der Waals surface area contributed by atoms with Gasteiger partial charge in [0, 0.05) is 77.8 Å². The van der Waals surface area contributed by atoms with Gasteiger partial charge in [-0.15, -0.1) is 0 Å². The van der Waals surface area contributed by atoms with Crippen LogP contribution < -0.4 is 31.3 Å². The molecule has 18 heteroatoms. The number of carbonyl (C=O) groups excluding carboxylic acids is 3. The average molecular weight is 739 g/mol. The zero-order valence-corrected chi connectivity index (χ0v) is 30.1. The molecule has 0 saturated carbocycles. The molecule has 6 heterocycles. The van der Waals surface area contributed by atoms with E-state index in [0.717, 1.165) is 77.8 Å². The number of piperidine rings is 6. The Bertz CT molecular complexity index is 785. The summed E-state index contributed by atoms with van der Waals surface area (Å²) in [5.41, 5.74) is 0. The predicted octanol–water partition coefficient (Wildman–Crippen LogP) is -7.53. The van der Waals surface area contributed by atoms with Crippen molar-refractivity contribution in [3.8, 4) is 0 Å². The number of carboxylic acid groups (broad SMARTS) is 3. The summed E-state index contributed by atoms with van der Waals surface area (Å²) in [5.74, 6) is 0. The first kappa shape index (κ1) is 46.5. The lowest BCUT2D eigenvalue weighted by atomic mass is 10.1. The fraction of sp³-hybridized carbons (Fsp3) is 0.909. The molecule has 0 radical (unpaired) electrons. The third-order valence-electron chi connectivity index (χ3n) is 9.39. The van der Waals surface area contributed by atoms with Gasteiger partial charge in [0.1, 0.15) is 18.3 Å². The highest BCUT2D eigenvalue weighted by Gasteiger charge is 2.18. The summed E-state index contributed by atoms with van der Waals surface area (Å²) in [4.78, 5) is 34.2. The van der Waals surface area contributed by atoms with Crippen LogP contribution in [-0.4, -0.2) is 179 Å². The van der Waals surface area contributed by atoms with Crippen molar-refractivity contribution in [3.05, 3.63) is 0 Å². The number of aliphatic hydroxyl groups excluding tert-OH is 6. The largest absolute Gasteiger partial charge is 0.530 e. The van der Waals surface area contributed by atoms with Gasteiger partial charge in [-0.05, 0) is 38.5 Å². The number of quaternary nitrogens is 3. The Kier molecular flexibility index (Phi) is 25.5. The van der Waals surface area contributed by atoms with Crippen molar-refractivity contribution in [2.75, 3.05) is 78.5 Å². The van der Waals surface area contributed by atoms with Crippen molar-refractivity contribution < 1.29 is 76.3 Å². The highest BCUT2D eigenvalue weighted by molar-refractivity contribution is 5.63. The topological polar surface area (TPSA) is 301 Å². The summed E-state index contributed by atoms with van der Waals surface area (Å²) >= 11 is 0. The molecule has 0 bridgehead atoms. The Morgan fingerprint density at radius 2 is 0.510 bits per heavy atom. The van der Waals surface area contributed by atoms with Crippen molar-refractivity contribution in [1.82, 2.24) is 14.7 Å². The van der Waals surface area contributed by atoms with Gasteiger partial charge >= 0.3 is 0 Å². The third-order valence-corrected chi connectivity index (χ3v) is 9.39. The van der Waals surface area contributed by atoms with E-state index in [2.05, 4.69) is 16.0 Å². The van der Waals surface area contributed by atoms with Gasteiger partial charge < -0.3 is 91.0 Å². The molecule has 3 amide bonds. The molecule has 12 N–H and O–H groups in total. The van der Waals surface area contributed by atoms with Crippen LogP contribution >= 0.6 is 0 Å². The second-order valence-electron chi connectivity index (χ2n) is 13.7. The fourth-order valence-electron chi connectivity index (χ4n) is 5.87. The number of rotatable bonds is 0. The summed E-state index contributed by atoms with van der Waals surface area (Å²) < 4.78 is 0. The van der Waals surface area contributed by atoms with Gasteiger partial charge in [-0.1, -0.05) is 0 Å². The SMILES string of the molecule is O=C([O-])N1CCC(O)CC1.O=C([O-])N1CCC(O)CC1.O=C([O-])N1CCC(O)CC1.OC1CC[NH2+]CC1.OC1CC[NH2+]CC1.OC1CC[NH2+]CC1. The number of aliphatic hydroxyl groups is 6. The first-order chi connectivity index (χ1) is 24.3. The lowest BCUT2D eigenvalue weighted by Crippen LogP contribution is -2.86. The number of carbonyl (C=O) groups is 3. The summed E-state index contributed by atoms with van der Waals surface area (Å²) in [7, 11) is 0. The zero-order valence-electron chi connectivity index (χ0n) is 30.1. The molecule has 6 aliphatic rings. The minimum absolute atomic E-state index is 0.00463. The van der Waals surface area contributed by atoms with Gasteiger partial charge in [0.25, 0.3) is 0 Å². The number of likely N-dealkylation sites (tertiary alicyclic amines) is 3. The van der Waals surface area contributed by atoms with Crippen molar-refractivity contribution in [3.63, 3.8) is 0 Å². The van der Waals surface area contributed by atoms with Crippen LogP contribution in [0.2, 0.25) is 0 Å². The van der Waals surface area contributed by atoms with Gasteiger partial charge in [0.2, 0.25) is 0 Å². The van der Waals surface area contributed by atoms with Gasteiger partial charge in [0.05, 0.1) is 75.9 Å². The molecular formula is C33H66N6O12. The highest BCUT2D eigenvalue weighted by atomic mass is 16.4. The van der Waals surface area contributed by atoms with E-state index in [-0.39, 0.29) is 36.6 Å². The zero-order chi connectivity index (χ0) is 38.0. The molecule has 0 atom stereocenters. The molecule has 6 saturated heterocycles. The molecule has 0 aromatic heterocycles. The van der Waals surface area contributed by atoms with Gasteiger partial charge in [0.15, 0.2) is 0 Å². The number of hydrogen-bond donors (Lipinski definition) is 9. The molecule has 0 aliphatic carbocycles. The molecule has 300 valence electrons. The molecular weight excluding hydrogens is 672 g/mol. The molecule has 6 aliphatic heterocycles. The molecule has 0 unspecified atom stereocenters. The lowest BCUT2D eigenvalue weighted by Gasteiger charge is -2.31. The molecule has 6 fully saturated rings. The minimum Gasteiger partial charge on any atom is -0.530 e. The van der Waals surface area contributed by atoms with Crippen LogP contribution in [0, 0.1) is 0 Å². The number of amides is 3. The van der Waals surface area contributed by atoms with E-state index in [0.29, 0.717) is 77.8 Å². The monoisotopic (exact) mass is 738 g/mol. The van der Waals surface area contributed by atoms with Crippen LogP contribution in [0.15, 0.2) is 0 Å². The van der Waals surface area contributed by atoms with E-state index in [4.69, 9.17) is 30.6 Å². The Labute approximate surface area is 301 Å². The first-order valence-electron chi connectivity index (χ1n) is 18.7. The molecule has 18 nitrogen and oxygen atoms in total. The fourth-order valence-corrected chi connectivity index (χ4v) is 5.87. The van der Waals surface area contributed by atoms with Gasteiger partial charge in [-0.25, -0.2) is 0 Å². The quantitative estimate of drug-likeness (QED) is 0.112. The molecule has 6 rings (SSSR count). The summed E-state index contributed by atoms with van der Waals surface area (Å²) in [6.07, 6.45) is 4.78. The molecule has 51 heavy (non-hydrogen) atoms. The smallest absolute Gasteiger partial charge is 0.136 e. The van der Waals surface area contributed by atoms with Crippen molar-refractivity contribution >= 4 is 18.3 Å². The van der Waals surface area contributed by atoms with E-state index < -0.39 is 18.3 Å². The Balaban J connectivity index is 0.000000308. The molecule has 0 aromatic carbocycles. The first-order valence-corrected chi connectivity index (χ1v) is 18.7. The summed E-state index contributed by atoms with van der Waals surface area (Å²) in [6.45, 7) is 9.11. The highest BCUT2D eigenvalue weighted by Crippen LogP contribution is 2.10. The molecule has 0 aromatic rings. The Morgan fingerprint density at radius 1 is 0.353 bits per heavy atom. The van der Waals surface area contributed by atoms with E-state index in [1.807, 2.05) is 0 Å². The summed E-state index contributed by atoms with van der Waals surface area (Å²) in [5, 5.41) is 90.9. The minimum atomic E-state index is -1.13. The van der Waals surface area contributed by atoms with Crippen molar-refractivity contribution in [2.45, 2.75) is 114 Å². The van der Waals surface area contributed by atoms with Crippen LogP contribution in [0.5, 0.6) is 0 Å². The van der Waals surface area contributed by atoms with E-state index >= 15 is 0 Å². The predicted molar refractivity (Wildman–Crippen MR) is 177 cm³/mol. The maximum absolute atomic E-state index is 10.2. The van der Waals surface area contributed by atoms with Gasteiger partial charge in [-0.2, -0.15) is 0 Å². The number of nitrogens with two attached hydrogens (primary N) is 3. The van der Waals surface area contributed by atoms with Crippen LogP contribution in [-0.2, 0) is 0 Å². The maximum atomic E-state index is 10.2. The van der Waals surface area contributed by atoms with Crippen LogP contribution in [0.1, 0.15) is 77.0 Å². The number of hydrogen-bond acceptors (Lipinski definition) is 12. The Hall–Kier alpha value is -2.55. The number of nitrogens with zero attached hydrogens (tertiary/aromatic N) is 3. The second-order valence-corrected chi connectivity index (χ2v) is 13.7. The van der Waals surface area contributed by atoms with Crippen LogP contribution in [0.25, 0.3) is 0 Å². The van der Waals surface area contributed by atoms with E-state index in [9.17, 15) is 29.7 Å². The van der Waals surface area contributed by atoms with Crippen LogP contribution in [0.4, 0.5) is 14.4 Å². The second kappa shape index (κ2) is 28.0. The van der Waals surface area contributed by atoms with E-state index in [1.165, 1.54) is 14.7 Å². The van der Waals surface area contributed by atoms with Crippen molar-refractivity contribution in [1.29, 1.82) is 0 Å². The third kappa shape index (κ3) is 24.3. The lowest BCUT2D eigenvalue weighted by molar-refractivity contribution is -0.665. The average Bonchev–Trinajstić information content (AvgIpc) is 3.11. The Morgan fingerprint density at radius 3 is 0.627 bits per heavy atom. The standard InChI is InChI=1S/3C6H11NO3.3C5H11NO/c3*8-5-1-3-7(4-2-5)6(9)10;3*7-5-1-3-6-4-2-5/h3*5,8H,1-4H2,(H,9,10);3*5-7H,1-4H2. The van der Waals surface area contributed by atoms with E-state index in [1.54, 1.807) is 0 Å². The normalized spacial score (nSPS) is 22.8. The van der Waals surface area contributed by atoms with Gasteiger partial charge in [-0.3, -0.25) is 0 Å².